The number of nitrogens with two attached hydrogens (primary N) is 1. The smallest absolute Gasteiger partial charge is 0.0178 e. The summed E-state index contributed by atoms with van der Waals surface area (Å²) < 4.78 is 0. The SMILES string of the molecule is CC(C)CC=Cc1ccc(CN)cc1. The number of benzene rings is 1. The summed E-state index contributed by atoms with van der Waals surface area (Å²) in [6, 6.07) is 8.38. The van der Waals surface area contributed by atoms with E-state index in [9.17, 15) is 0 Å². The van der Waals surface area contributed by atoms with Gasteiger partial charge in [-0.2, -0.15) is 0 Å². The first-order valence-electron chi connectivity index (χ1n) is 5.18. The predicted molar refractivity (Wildman–Crippen MR) is 62.8 cm³/mol. The normalized spacial score (nSPS) is 11.4. The lowest BCUT2D eigenvalue weighted by Gasteiger charge is -1.99. The summed E-state index contributed by atoms with van der Waals surface area (Å²) in [5, 5.41) is 0. The highest BCUT2D eigenvalue weighted by molar-refractivity contribution is 5.49. The Labute approximate surface area is 86.6 Å². The Bertz CT molecular complexity index is 283. The first-order chi connectivity index (χ1) is 6.72. The Hall–Kier alpha value is -1.08. The molecule has 0 spiro atoms. The molecule has 0 aliphatic rings. The van der Waals surface area contributed by atoms with Gasteiger partial charge in [0.15, 0.2) is 0 Å². The lowest BCUT2D eigenvalue weighted by Crippen LogP contribution is -1.94. The van der Waals surface area contributed by atoms with Gasteiger partial charge in [-0.3, -0.25) is 0 Å². The summed E-state index contributed by atoms with van der Waals surface area (Å²) in [7, 11) is 0. The zero-order valence-corrected chi connectivity index (χ0v) is 9.03. The van der Waals surface area contributed by atoms with E-state index in [0.29, 0.717) is 6.54 Å². The molecule has 14 heavy (non-hydrogen) atoms. The van der Waals surface area contributed by atoms with Gasteiger partial charge in [0.05, 0.1) is 0 Å². The van der Waals surface area contributed by atoms with Crippen LogP contribution in [0.3, 0.4) is 0 Å². The van der Waals surface area contributed by atoms with Crippen molar-refractivity contribution in [3.05, 3.63) is 41.5 Å². The van der Waals surface area contributed by atoms with E-state index in [-0.39, 0.29) is 0 Å². The number of rotatable bonds is 4. The Morgan fingerprint density at radius 3 is 2.36 bits per heavy atom. The summed E-state index contributed by atoms with van der Waals surface area (Å²) in [6.45, 7) is 5.07. The topological polar surface area (TPSA) is 26.0 Å². The van der Waals surface area contributed by atoms with Crippen molar-refractivity contribution in [2.45, 2.75) is 26.8 Å². The van der Waals surface area contributed by atoms with Crippen LogP contribution in [0.25, 0.3) is 6.08 Å². The van der Waals surface area contributed by atoms with E-state index >= 15 is 0 Å². The predicted octanol–water partition coefficient (Wildman–Crippen LogP) is 3.20. The van der Waals surface area contributed by atoms with Crippen molar-refractivity contribution in [2.75, 3.05) is 0 Å². The first kappa shape index (κ1) is 11.0. The van der Waals surface area contributed by atoms with E-state index < -0.39 is 0 Å². The van der Waals surface area contributed by atoms with Crippen LogP contribution < -0.4 is 5.73 Å². The summed E-state index contributed by atoms with van der Waals surface area (Å²) in [6.07, 6.45) is 5.53. The molecule has 1 aromatic rings. The van der Waals surface area contributed by atoms with Crippen LogP contribution in [0, 0.1) is 5.92 Å². The van der Waals surface area contributed by atoms with Crippen LogP contribution in [0.1, 0.15) is 31.4 Å². The molecule has 0 amide bonds. The lowest BCUT2D eigenvalue weighted by molar-refractivity contribution is 0.665. The number of allylic oxidation sites excluding steroid dienone is 1. The van der Waals surface area contributed by atoms with Gasteiger partial charge < -0.3 is 5.73 Å². The van der Waals surface area contributed by atoms with Crippen molar-refractivity contribution < 1.29 is 0 Å². The van der Waals surface area contributed by atoms with E-state index in [1.165, 1.54) is 11.1 Å². The van der Waals surface area contributed by atoms with Crippen molar-refractivity contribution in [2.24, 2.45) is 11.7 Å². The van der Waals surface area contributed by atoms with Gasteiger partial charge in [0.25, 0.3) is 0 Å². The molecule has 0 aliphatic heterocycles. The molecular weight excluding hydrogens is 170 g/mol. The molecule has 2 N–H and O–H groups in total. The second-order valence-electron chi connectivity index (χ2n) is 3.98. The molecule has 1 aromatic carbocycles. The fourth-order valence-electron chi connectivity index (χ4n) is 1.24. The summed E-state index contributed by atoms with van der Waals surface area (Å²) in [4.78, 5) is 0. The molecule has 0 saturated carbocycles. The second-order valence-corrected chi connectivity index (χ2v) is 3.98. The lowest BCUT2D eigenvalue weighted by atomic mass is 10.1. The quantitative estimate of drug-likeness (QED) is 0.773. The minimum Gasteiger partial charge on any atom is -0.326 e. The Kier molecular flexibility index (Phi) is 4.41. The van der Waals surface area contributed by atoms with Crippen LogP contribution >= 0.6 is 0 Å². The molecule has 0 fully saturated rings. The van der Waals surface area contributed by atoms with Crippen molar-refractivity contribution >= 4 is 6.08 Å². The molecule has 76 valence electrons. The van der Waals surface area contributed by atoms with Crippen LogP contribution in [-0.4, -0.2) is 0 Å². The molecule has 1 heteroatoms. The Morgan fingerprint density at radius 2 is 1.86 bits per heavy atom. The fraction of sp³-hybridized carbons (Fsp3) is 0.385. The molecule has 0 radical (unpaired) electrons. The van der Waals surface area contributed by atoms with Crippen molar-refractivity contribution in [1.82, 2.24) is 0 Å². The highest BCUT2D eigenvalue weighted by Gasteiger charge is 1.90. The molecule has 0 heterocycles. The largest absolute Gasteiger partial charge is 0.326 e. The molecule has 0 unspecified atom stereocenters. The van der Waals surface area contributed by atoms with E-state index in [0.717, 1.165) is 12.3 Å². The summed E-state index contributed by atoms with van der Waals surface area (Å²) >= 11 is 0. The minimum absolute atomic E-state index is 0.621. The maximum atomic E-state index is 5.52. The van der Waals surface area contributed by atoms with Gasteiger partial charge in [-0.15, -0.1) is 0 Å². The molecular formula is C13H19N. The highest BCUT2D eigenvalue weighted by atomic mass is 14.5. The maximum absolute atomic E-state index is 5.52. The standard InChI is InChI=1S/C13H19N/c1-11(2)4-3-5-12-6-8-13(10-14)9-7-12/h3,5-9,11H,4,10,14H2,1-2H3. The van der Waals surface area contributed by atoms with Crippen LogP contribution in [0.15, 0.2) is 30.3 Å². The van der Waals surface area contributed by atoms with Crippen molar-refractivity contribution in [1.29, 1.82) is 0 Å². The summed E-state index contributed by atoms with van der Waals surface area (Å²) in [5.74, 6) is 0.731. The molecule has 1 rings (SSSR count). The number of hydrogen-bond acceptors (Lipinski definition) is 1. The van der Waals surface area contributed by atoms with Gasteiger partial charge in [-0.1, -0.05) is 50.3 Å². The third-order valence-electron chi connectivity index (χ3n) is 2.13. The van der Waals surface area contributed by atoms with Crippen LogP contribution in [-0.2, 0) is 6.54 Å². The van der Waals surface area contributed by atoms with E-state index in [1.807, 2.05) is 0 Å². The van der Waals surface area contributed by atoms with Crippen molar-refractivity contribution in [3.8, 4) is 0 Å². The molecule has 0 aliphatic carbocycles. The van der Waals surface area contributed by atoms with E-state index in [1.54, 1.807) is 0 Å². The van der Waals surface area contributed by atoms with Gasteiger partial charge in [-0.05, 0) is 23.5 Å². The minimum atomic E-state index is 0.621. The van der Waals surface area contributed by atoms with Crippen LogP contribution in [0.2, 0.25) is 0 Å². The molecule has 1 nitrogen and oxygen atoms in total. The molecule has 0 saturated heterocycles. The molecule has 0 aromatic heterocycles. The zero-order chi connectivity index (χ0) is 10.4. The van der Waals surface area contributed by atoms with Gasteiger partial charge in [0.2, 0.25) is 0 Å². The monoisotopic (exact) mass is 189 g/mol. The average Bonchev–Trinajstić information content (AvgIpc) is 2.18. The van der Waals surface area contributed by atoms with Crippen LogP contribution in [0.5, 0.6) is 0 Å². The van der Waals surface area contributed by atoms with Crippen LogP contribution in [0.4, 0.5) is 0 Å². The third-order valence-corrected chi connectivity index (χ3v) is 2.13. The van der Waals surface area contributed by atoms with Gasteiger partial charge >= 0.3 is 0 Å². The zero-order valence-electron chi connectivity index (χ0n) is 9.03. The van der Waals surface area contributed by atoms with Crippen molar-refractivity contribution in [3.63, 3.8) is 0 Å². The van der Waals surface area contributed by atoms with E-state index in [4.69, 9.17) is 5.73 Å². The fourth-order valence-corrected chi connectivity index (χ4v) is 1.24. The van der Waals surface area contributed by atoms with Gasteiger partial charge in [-0.25, -0.2) is 0 Å². The Balaban J connectivity index is 2.55. The van der Waals surface area contributed by atoms with E-state index in [2.05, 4.69) is 50.3 Å². The first-order valence-corrected chi connectivity index (χ1v) is 5.18. The Morgan fingerprint density at radius 1 is 1.21 bits per heavy atom. The highest BCUT2D eigenvalue weighted by Crippen LogP contribution is 2.08. The average molecular weight is 189 g/mol. The van der Waals surface area contributed by atoms with Gasteiger partial charge in [0.1, 0.15) is 0 Å². The molecule has 0 atom stereocenters. The molecule has 0 bridgehead atoms. The maximum Gasteiger partial charge on any atom is 0.0178 e. The third kappa shape index (κ3) is 3.75. The second kappa shape index (κ2) is 5.61. The number of hydrogen-bond donors (Lipinski definition) is 1. The summed E-state index contributed by atoms with van der Waals surface area (Å²) in [5.41, 5.74) is 7.96. The van der Waals surface area contributed by atoms with Gasteiger partial charge in [0, 0.05) is 6.54 Å².